The Bertz CT molecular complexity index is 1280. The fourth-order valence-corrected chi connectivity index (χ4v) is 4.04. The minimum absolute atomic E-state index is 0.131. The Morgan fingerprint density at radius 3 is 2.42 bits per heavy atom. The predicted octanol–water partition coefficient (Wildman–Crippen LogP) is 4.57. The van der Waals surface area contributed by atoms with E-state index in [1.54, 1.807) is 16.9 Å². The molecule has 3 heterocycles. The van der Waals surface area contributed by atoms with Gasteiger partial charge in [-0.15, -0.1) is 0 Å². The van der Waals surface area contributed by atoms with E-state index < -0.39 is 0 Å². The van der Waals surface area contributed by atoms with Gasteiger partial charge in [0.15, 0.2) is 0 Å². The number of nitrogens with zero attached hydrogens (tertiary/aromatic N) is 5. The third-order valence-electron chi connectivity index (χ3n) is 5.64. The van der Waals surface area contributed by atoms with Crippen LogP contribution in [0, 0.1) is 0 Å². The molecule has 1 N–H and O–H groups in total. The molecule has 0 saturated heterocycles. The topological polar surface area (TPSA) is 85.6 Å². The van der Waals surface area contributed by atoms with Crippen LogP contribution < -0.4 is 5.32 Å². The fraction of sp³-hybridized carbons (Fsp3) is 0.240. The molecule has 1 fully saturated rings. The number of hydrogen-bond donors (Lipinski definition) is 1. The standard InChI is InChI=1S/C25H23ClN6O/c1-32-15-17(11-30-32)8-23-27-12-20(13-28-23)18-4-2-16(3-5-18)9-25(33)31-24-10-22(26)21(14-29-24)19-6-7-19/h2-5,10-15,19H,6-9H2,1H3,(H,29,31,33). The van der Waals surface area contributed by atoms with Crippen molar-refractivity contribution in [3.8, 4) is 11.1 Å². The summed E-state index contributed by atoms with van der Waals surface area (Å²) < 4.78 is 1.77. The normalized spacial score (nSPS) is 13.2. The summed E-state index contributed by atoms with van der Waals surface area (Å²) in [6, 6.07) is 9.56. The molecular formula is C25H23ClN6O. The van der Waals surface area contributed by atoms with Crippen molar-refractivity contribution in [1.82, 2.24) is 24.7 Å². The Hall–Kier alpha value is -3.58. The van der Waals surface area contributed by atoms with E-state index in [-0.39, 0.29) is 12.3 Å². The number of amides is 1. The second-order valence-electron chi connectivity index (χ2n) is 8.37. The molecular weight excluding hydrogens is 436 g/mol. The smallest absolute Gasteiger partial charge is 0.229 e. The van der Waals surface area contributed by atoms with E-state index in [1.165, 1.54) is 0 Å². The third-order valence-corrected chi connectivity index (χ3v) is 5.97. The summed E-state index contributed by atoms with van der Waals surface area (Å²) in [6.45, 7) is 0. The van der Waals surface area contributed by atoms with Gasteiger partial charge in [-0.25, -0.2) is 15.0 Å². The van der Waals surface area contributed by atoms with Crippen LogP contribution >= 0.6 is 11.6 Å². The van der Waals surface area contributed by atoms with Crippen molar-refractivity contribution in [3.63, 3.8) is 0 Å². The molecule has 1 aromatic carbocycles. The van der Waals surface area contributed by atoms with Crippen LogP contribution in [-0.2, 0) is 24.7 Å². The van der Waals surface area contributed by atoms with Crippen molar-refractivity contribution in [2.45, 2.75) is 31.6 Å². The number of aromatic nitrogens is 5. The number of hydrogen-bond acceptors (Lipinski definition) is 5. The minimum atomic E-state index is -0.131. The number of halogens is 1. The lowest BCUT2D eigenvalue weighted by atomic mass is 10.0. The molecule has 3 aromatic heterocycles. The van der Waals surface area contributed by atoms with Gasteiger partial charge in [0.2, 0.25) is 5.91 Å². The summed E-state index contributed by atoms with van der Waals surface area (Å²) in [5.74, 6) is 1.62. The van der Waals surface area contributed by atoms with Gasteiger partial charge in [-0.3, -0.25) is 9.48 Å². The maximum absolute atomic E-state index is 12.4. The van der Waals surface area contributed by atoms with Crippen LogP contribution in [0.1, 0.15) is 41.3 Å². The van der Waals surface area contributed by atoms with Crippen molar-refractivity contribution >= 4 is 23.3 Å². The van der Waals surface area contributed by atoms with E-state index in [9.17, 15) is 4.79 Å². The van der Waals surface area contributed by atoms with Gasteiger partial charge in [-0.05, 0) is 47.1 Å². The zero-order valence-electron chi connectivity index (χ0n) is 18.2. The largest absolute Gasteiger partial charge is 0.310 e. The van der Waals surface area contributed by atoms with Crippen LogP contribution in [0.2, 0.25) is 5.02 Å². The fourth-order valence-electron chi connectivity index (χ4n) is 3.73. The van der Waals surface area contributed by atoms with Crippen LogP contribution in [-0.4, -0.2) is 30.6 Å². The maximum Gasteiger partial charge on any atom is 0.229 e. The quantitative estimate of drug-likeness (QED) is 0.438. The number of anilines is 1. The molecule has 33 heavy (non-hydrogen) atoms. The predicted molar refractivity (Wildman–Crippen MR) is 127 cm³/mol. The second-order valence-corrected chi connectivity index (χ2v) is 8.78. The first kappa shape index (κ1) is 21.3. The van der Waals surface area contributed by atoms with Crippen LogP contribution in [0.3, 0.4) is 0 Å². The van der Waals surface area contributed by atoms with Gasteiger partial charge in [0.1, 0.15) is 11.6 Å². The van der Waals surface area contributed by atoms with Gasteiger partial charge < -0.3 is 5.32 Å². The molecule has 166 valence electrons. The Morgan fingerprint density at radius 1 is 1.03 bits per heavy atom. The number of benzene rings is 1. The van der Waals surface area contributed by atoms with Crippen LogP contribution in [0.5, 0.6) is 0 Å². The molecule has 1 saturated carbocycles. The Labute approximate surface area is 196 Å². The lowest BCUT2D eigenvalue weighted by molar-refractivity contribution is -0.115. The minimum Gasteiger partial charge on any atom is -0.310 e. The summed E-state index contributed by atoms with van der Waals surface area (Å²) in [5, 5.41) is 7.67. The molecule has 1 aliphatic rings. The van der Waals surface area contributed by atoms with Crippen molar-refractivity contribution in [3.05, 3.63) is 88.9 Å². The van der Waals surface area contributed by atoms with Gasteiger partial charge in [0.05, 0.1) is 12.6 Å². The molecule has 0 unspecified atom stereocenters. The molecule has 5 rings (SSSR count). The average molecular weight is 459 g/mol. The zero-order valence-corrected chi connectivity index (χ0v) is 19.0. The molecule has 0 aliphatic heterocycles. The van der Waals surface area contributed by atoms with E-state index in [0.29, 0.717) is 23.2 Å². The van der Waals surface area contributed by atoms with E-state index in [1.807, 2.05) is 56.1 Å². The van der Waals surface area contributed by atoms with Crippen molar-refractivity contribution < 1.29 is 4.79 Å². The van der Waals surface area contributed by atoms with E-state index in [4.69, 9.17) is 11.6 Å². The molecule has 8 heteroatoms. The summed E-state index contributed by atoms with van der Waals surface area (Å²) in [7, 11) is 1.89. The van der Waals surface area contributed by atoms with Crippen LogP contribution in [0.15, 0.2) is 61.3 Å². The molecule has 4 aromatic rings. The second kappa shape index (κ2) is 9.11. The van der Waals surface area contributed by atoms with Gasteiger partial charge in [-0.1, -0.05) is 35.9 Å². The summed E-state index contributed by atoms with van der Waals surface area (Å²) >= 11 is 6.33. The van der Waals surface area contributed by atoms with Gasteiger partial charge in [0, 0.05) is 48.8 Å². The first-order chi connectivity index (χ1) is 16.0. The van der Waals surface area contributed by atoms with Crippen molar-refractivity contribution in [2.24, 2.45) is 7.05 Å². The molecule has 0 atom stereocenters. The van der Waals surface area contributed by atoms with E-state index >= 15 is 0 Å². The number of carbonyl (C=O) groups is 1. The van der Waals surface area contributed by atoms with Crippen molar-refractivity contribution in [1.29, 1.82) is 0 Å². The van der Waals surface area contributed by atoms with Crippen LogP contribution in [0.4, 0.5) is 5.82 Å². The summed E-state index contributed by atoms with van der Waals surface area (Å²) in [4.78, 5) is 25.7. The molecule has 1 amide bonds. The number of nitrogens with one attached hydrogen (secondary N) is 1. The molecule has 0 bridgehead atoms. The first-order valence-electron chi connectivity index (χ1n) is 10.9. The number of rotatable bonds is 7. The highest BCUT2D eigenvalue weighted by molar-refractivity contribution is 6.31. The highest BCUT2D eigenvalue weighted by Crippen LogP contribution is 2.43. The Kier molecular flexibility index (Phi) is 5.88. The third kappa shape index (κ3) is 5.26. The van der Waals surface area contributed by atoms with Crippen molar-refractivity contribution in [2.75, 3.05) is 5.32 Å². The van der Waals surface area contributed by atoms with E-state index in [2.05, 4.69) is 25.4 Å². The van der Waals surface area contributed by atoms with E-state index in [0.717, 1.165) is 46.5 Å². The van der Waals surface area contributed by atoms with Gasteiger partial charge >= 0.3 is 0 Å². The average Bonchev–Trinajstić information content (AvgIpc) is 3.56. The highest BCUT2D eigenvalue weighted by Gasteiger charge is 2.26. The highest BCUT2D eigenvalue weighted by atomic mass is 35.5. The Balaban J connectivity index is 1.18. The van der Waals surface area contributed by atoms with Crippen LogP contribution in [0.25, 0.3) is 11.1 Å². The number of pyridine rings is 1. The zero-order chi connectivity index (χ0) is 22.8. The molecule has 0 spiro atoms. The molecule has 7 nitrogen and oxygen atoms in total. The molecule has 0 radical (unpaired) electrons. The summed E-state index contributed by atoms with van der Waals surface area (Å²) in [5.41, 5.74) is 4.97. The first-order valence-corrected chi connectivity index (χ1v) is 11.2. The summed E-state index contributed by atoms with van der Waals surface area (Å²) in [6.07, 6.45) is 12.4. The Morgan fingerprint density at radius 2 is 1.79 bits per heavy atom. The van der Waals surface area contributed by atoms with Gasteiger partial charge in [-0.2, -0.15) is 5.10 Å². The number of carbonyl (C=O) groups excluding carboxylic acids is 1. The molecule has 1 aliphatic carbocycles. The lowest BCUT2D eigenvalue weighted by Gasteiger charge is -2.08. The lowest BCUT2D eigenvalue weighted by Crippen LogP contribution is -2.15. The monoisotopic (exact) mass is 458 g/mol. The number of aryl methyl sites for hydroxylation is 1. The maximum atomic E-state index is 12.4. The SMILES string of the molecule is Cn1cc(Cc2ncc(-c3ccc(CC(=O)Nc4cc(Cl)c(C5CC5)cn4)cc3)cn2)cn1. The van der Waals surface area contributed by atoms with Gasteiger partial charge in [0.25, 0.3) is 0 Å².